The van der Waals surface area contributed by atoms with Crippen molar-refractivity contribution < 1.29 is 14.0 Å². The van der Waals surface area contributed by atoms with Gasteiger partial charge in [0, 0.05) is 47.1 Å². The zero-order valence-corrected chi connectivity index (χ0v) is 20.2. The van der Waals surface area contributed by atoms with E-state index in [1.54, 1.807) is 6.07 Å². The van der Waals surface area contributed by atoms with Crippen molar-refractivity contribution in [2.24, 2.45) is 0 Å². The number of amides is 2. The summed E-state index contributed by atoms with van der Waals surface area (Å²) in [5, 5.41) is 6.07. The van der Waals surface area contributed by atoms with E-state index in [1.165, 1.54) is 12.1 Å². The summed E-state index contributed by atoms with van der Waals surface area (Å²) in [4.78, 5) is 33.9. The number of carbonyl (C=O) groups excluding carboxylic acids is 2. The van der Waals surface area contributed by atoms with Crippen molar-refractivity contribution in [3.8, 4) is 22.5 Å². The van der Waals surface area contributed by atoms with Gasteiger partial charge in [0.15, 0.2) is 0 Å². The van der Waals surface area contributed by atoms with Crippen LogP contribution in [-0.4, -0.2) is 27.3 Å². The molecule has 184 valence electrons. The van der Waals surface area contributed by atoms with Crippen molar-refractivity contribution in [2.45, 2.75) is 44.2 Å². The minimum atomic E-state index is -0.496. The molecule has 1 aliphatic heterocycles. The van der Waals surface area contributed by atoms with Gasteiger partial charge in [0.25, 0.3) is 11.8 Å². The summed E-state index contributed by atoms with van der Waals surface area (Å²) >= 11 is 0. The van der Waals surface area contributed by atoms with Crippen LogP contribution in [0.2, 0.25) is 0 Å². The number of fused-ring (bicyclic) bond motifs is 5. The van der Waals surface area contributed by atoms with Gasteiger partial charge in [0.1, 0.15) is 5.82 Å². The summed E-state index contributed by atoms with van der Waals surface area (Å²) in [5.41, 5.74) is 8.15. The second-order valence-electron chi connectivity index (χ2n) is 10.4. The minimum Gasteiger partial charge on any atom is -0.357 e. The fourth-order valence-corrected chi connectivity index (χ4v) is 5.70. The number of aromatic nitrogens is 2. The Morgan fingerprint density at radius 3 is 2.73 bits per heavy atom. The van der Waals surface area contributed by atoms with Crippen LogP contribution in [0.5, 0.6) is 0 Å². The molecule has 37 heavy (non-hydrogen) atoms. The molecule has 0 bridgehead atoms. The van der Waals surface area contributed by atoms with E-state index in [0.717, 1.165) is 71.3 Å². The fourth-order valence-electron chi connectivity index (χ4n) is 5.70. The molecule has 3 aliphatic rings. The zero-order chi connectivity index (χ0) is 25.1. The Hall–Kier alpha value is -4.26. The van der Waals surface area contributed by atoms with Crippen LogP contribution in [-0.2, 0) is 25.8 Å². The molecule has 2 aliphatic carbocycles. The summed E-state index contributed by atoms with van der Waals surface area (Å²) in [7, 11) is 0. The number of rotatable bonds is 4. The molecule has 4 aromatic rings. The third-order valence-electron chi connectivity index (χ3n) is 7.81. The maximum atomic E-state index is 14.6. The topological polar surface area (TPSA) is 86.9 Å². The lowest BCUT2D eigenvalue weighted by atomic mass is 9.87. The van der Waals surface area contributed by atoms with E-state index in [-0.39, 0.29) is 22.9 Å². The molecule has 7 heteroatoms. The number of aryl methyl sites for hydroxylation is 1. The van der Waals surface area contributed by atoms with Crippen LogP contribution in [0.3, 0.4) is 0 Å². The van der Waals surface area contributed by atoms with Gasteiger partial charge in [-0.3, -0.25) is 14.6 Å². The molecule has 7 rings (SSSR count). The van der Waals surface area contributed by atoms with E-state index >= 15 is 0 Å². The smallest absolute Gasteiger partial charge is 0.253 e. The molecule has 0 unspecified atom stereocenters. The van der Waals surface area contributed by atoms with Gasteiger partial charge in [-0.15, -0.1) is 0 Å². The Labute approximate surface area is 213 Å². The number of nitrogens with one attached hydrogen (secondary N) is 3. The number of nitrogens with zero attached hydrogens (tertiary/aromatic N) is 1. The zero-order valence-electron chi connectivity index (χ0n) is 20.2. The van der Waals surface area contributed by atoms with Crippen molar-refractivity contribution in [3.63, 3.8) is 0 Å². The standard InChI is InChI=1S/C30H25FN4O2/c31-21-11-19(10-20(12-21)28(36)33-15-17-4-2-1-3-5-17)24-13-23-18(16-32-24)6-7-22-26-25(34-27(22)23)14-30(8-9-30)35-29(26)37/h1-5,10-13,16,34H,6-9,14-15H2,(H,33,36)(H,35,37). The summed E-state index contributed by atoms with van der Waals surface area (Å²) in [6.07, 6.45) is 6.27. The SMILES string of the molecule is O=C(NCc1ccccc1)c1cc(F)cc(-c2cc3c(cn2)CCc2c-3[nH]c3c2C(=O)NC2(CC2)C3)c1. The second-order valence-corrected chi connectivity index (χ2v) is 10.4. The van der Waals surface area contributed by atoms with Gasteiger partial charge < -0.3 is 15.6 Å². The molecule has 2 amide bonds. The lowest BCUT2D eigenvalue weighted by Gasteiger charge is -2.24. The van der Waals surface area contributed by atoms with E-state index in [9.17, 15) is 14.0 Å². The van der Waals surface area contributed by atoms with Gasteiger partial charge in [-0.25, -0.2) is 4.39 Å². The van der Waals surface area contributed by atoms with Gasteiger partial charge in [0.2, 0.25) is 0 Å². The maximum absolute atomic E-state index is 14.6. The average molecular weight is 493 g/mol. The highest BCUT2D eigenvalue weighted by molar-refractivity contribution is 6.01. The number of hydrogen-bond acceptors (Lipinski definition) is 3. The predicted octanol–water partition coefficient (Wildman–Crippen LogP) is 4.73. The van der Waals surface area contributed by atoms with Crippen molar-refractivity contribution in [3.05, 3.63) is 100 Å². The number of carbonyl (C=O) groups is 2. The molecule has 0 radical (unpaired) electrons. The Morgan fingerprint density at radius 2 is 1.92 bits per heavy atom. The third kappa shape index (κ3) is 3.82. The van der Waals surface area contributed by atoms with Gasteiger partial charge in [0.05, 0.1) is 17.0 Å². The van der Waals surface area contributed by atoms with Crippen LogP contribution in [0.4, 0.5) is 4.39 Å². The quantitative estimate of drug-likeness (QED) is 0.385. The Morgan fingerprint density at radius 1 is 1.08 bits per heavy atom. The largest absolute Gasteiger partial charge is 0.357 e. The molecule has 2 aromatic heterocycles. The Bertz CT molecular complexity index is 1590. The highest BCUT2D eigenvalue weighted by Gasteiger charge is 2.49. The first-order chi connectivity index (χ1) is 18.0. The van der Waals surface area contributed by atoms with Gasteiger partial charge in [-0.2, -0.15) is 0 Å². The molecule has 0 atom stereocenters. The summed E-state index contributed by atoms with van der Waals surface area (Å²) < 4.78 is 14.6. The normalized spacial score (nSPS) is 16.4. The van der Waals surface area contributed by atoms with Gasteiger partial charge in [-0.1, -0.05) is 30.3 Å². The van der Waals surface area contributed by atoms with Crippen LogP contribution in [0.1, 0.15) is 55.9 Å². The van der Waals surface area contributed by atoms with E-state index < -0.39 is 5.82 Å². The minimum absolute atomic E-state index is 0.0188. The number of pyridine rings is 1. The van der Waals surface area contributed by atoms with Crippen LogP contribution >= 0.6 is 0 Å². The third-order valence-corrected chi connectivity index (χ3v) is 7.81. The van der Waals surface area contributed by atoms with Gasteiger partial charge in [-0.05, 0) is 66.6 Å². The summed E-state index contributed by atoms with van der Waals surface area (Å²) in [6.45, 7) is 0.359. The second kappa shape index (κ2) is 8.13. The monoisotopic (exact) mass is 492 g/mol. The van der Waals surface area contributed by atoms with Crippen LogP contribution in [0.25, 0.3) is 22.5 Å². The lowest BCUT2D eigenvalue weighted by molar-refractivity contribution is 0.0915. The number of H-pyrrole nitrogens is 1. The highest BCUT2D eigenvalue weighted by atomic mass is 19.1. The van der Waals surface area contributed by atoms with Crippen molar-refractivity contribution in [2.75, 3.05) is 0 Å². The van der Waals surface area contributed by atoms with E-state index in [4.69, 9.17) is 0 Å². The van der Waals surface area contributed by atoms with Gasteiger partial charge >= 0.3 is 0 Å². The van der Waals surface area contributed by atoms with Crippen LogP contribution in [0.15, 0.2) is 60.8 Å². The van der Waals surface area contributed by atoms with Crippen LogP contribution in [0, 0.1) is 5.82 Å². The molecule has 0 saturated heterocycles. The molecular formula is C30H25FN4O2. The number of benzene rings is 2. The van der Waals surface area contributed by atoms with E-state index in [0.29, 0.717) is 17.8 Å². The molecule has 2 aromatic carbocycles. The molecular weight excluding hydrogens is 467 g/mol. The fraction of sp³-hybridized carbons (Fsp3) is 0.233. The van der Waals surface area contributed by atoms with E-state index in [1.807, 2.05) is 42.6 Å². The van der Waals surface area contributed by atoms with Crippen LogP contribution < -0.4 is 10.6 Å². The molecule has 1 fully saturated rings. The highest BCUT2D eigenvalue weighted by Crippen LogP contribution is 2.45. The average Bonchev–Trinajstić information content (AvgIpc) is 3.53. The first kappa shape index (κ1) is 22.0. The first-order valence-electron chi connectivity index (χ1n) is 12.7. The summed E-state index contributed by atoms with van der Waals surface area (Å²) in [5.74, 6) is -0.823. The number of aromatic amines is 1. The Balaban J connectivity index is 1.22. The van der Waals surface area contributed by atoms with Crippen molar-refractivity contribution in [1.29, 1.82) is 0 Å². The molecule has 1 spiro atoms. The molecule has 3 heterocycles. The number of halogens is 1. The molecule has 3 N–H and O–H groups in total. The number of hydrogen-bond donors (Lipinski definition) is 3. The van der Waals surface area contributed by atoms with Crippen molar-refractivity contribution in [1.82, 2.24) is 20.6 Å². The first-order valence-corrected chi connectivity index (χ1v) is 12.7. The predicted molar refractivity (Wildman–Crippen MR) is 138 cm³/mol. The molecule has 1 saturated carbocycles. The lowest BCUT2D eigenvalue weighted by Crippen LogP contribution is -2.43. The molecule has 6 nitrogen and oxygen atoms in total. The van der Waals surface area contributed by atoms with Crippen molar-refractivity contribution >= 4 is 11.8 Å². The Kier molecular flexibility index (Phi) is 4.83. The van der Waals surface area contributed by atoms with E-state index in [2.05, 4.69) is 20.6 Å². The summed E-state index contributed by atoms with van der Waals surface area (Å²) in [6, 6.07) is 15.8. The maximum Gasteiger partial charge on any atom is 0.253 e.